The summed E-state index contributed by atoms with van der Waals surface area (Å²) in [7, 11) is 0. The van der Waals surface area contributed by atoms with E-state index < -0.39 is 11.1 Å². The third-order valence-electron chi connectivity index (χ3n) is 3.54. The van der Waals surface area contributed by atoms with Gasteiger partial charge < -0.3 is 14.8 Å². The zero-order valence-corrected chi connectivity index (χ0v) is 12.8. The molecular weight excluding hydrogens is 312 g/mol. The molecule has 0 amide bonds. The molecule has 5 heteroatoms. The van der Waals surface area contributed by atoms with Crippen LogP contribution in [0, 0.1) is 0 Å². The van der Waals surface area contributed by atoms with Gasteiger partial charge in [0.05, 0.1) is 0 Å². The van der Waals surface area contributed by atoms with Crippen LogP contribution in [0.4, 0.5) is 0 Å². The quantitative estimate of drug-likeness (QED) is 0.720. The number of hydrogen-bond donors (Lipinski definition) is 2. The van der Waals surface area contributed by atoms with Gasteiger partial charge in [-0.15, -0.1) is 0 Å². The molecule has 2 N–H and O–H groups in total. The van der Waals surface area contributed by atoms with E-state index in [9.17, 15) is 19.0 Å². The number of phenols is 2. The van der Waals surface area contributed by atoms with Crippen LogP contribution in [-0.4, -0.2) is 19.0 Å². The van der Waals surface area contributed by atoms with Gasteiger partial charge in [-0.25, -0.2) is 0 Å². The highest BCUT2D eigenvalue weighted by Crippen LogP contribution is 2.35. The molecule has 0 heterocycles. The van der Waals surface area contributed by atoms with Crippen molar-refractivity contribution in [3.05, 3.63) is 66.7 Å². The largest absolute Gasteiger partial charge is 0.768 e. The highest BCUT2D eigenvalue weighted by atomic mass is 32.2. The summed E-state index contributed by atoms with van der Waals surface area (Å²) in [5, 5.41) is 18.8. The van der Waals surface area contributed by atoms with Gasteiger partial charge in [0.2, 0.25) is 0 Å². The van der Waals surface area contributed by atoms with Gasteiger partial charge in [0, 0.05) is 4.90 Å². The van der Waals surface area contributed by atoms with Crippen molar-refractivity contribution >= 4 is 11.1 Å². The van der Waals surface area contributed by atoms with Crippen LogP contribution in [0.5, 0.6) is 11.5 Å². The Labute approximate surface area is 136 Å². The molecule has 0 aliphatic carbocycles. The molecule has 0 fully saturated rings. The predicted octanol–water partition coefficient (Wildman–Crippen LogP) is 3.67. The first-order valence-corrected chi connectivity index (χ1v) is 7.95. The molecule has 116 valence electrons. The summed E-state index contributed by atoms with van der Waals surface area (Å²) < 4.78 is 23.6. The van der Waals surface area contributed by atoms with Crippen LogP contribution < -0.4 is 0 Å². The van der Waals surface area contributed by atoms with Crippen LogP contribution >= 0.6 is 0 Å². The van der Waals surface area contributed by atoms with Gasteiger partial charge >= 0.3 is 0 Å². The molecule has 3 aromatic carbocycles. The Morgan fingerprint density at radius 3 is 1.43 bits per heavy atom. The summed E-state index contributed by atoms with van der Waals surface area (Å²) in [4.78, 5) is 0.184. The summed E-state index contributed by atoms with van der Waals surface area (Å²) in [6.07, 6.45) is 0. The summed E-state index contributed by atoms with van der Waals surface area (Å²) in [5.74, 6) is 0.237. The molecule has 4 nitrogen and oxygen atoms in total. The Hall–Kier alpha value is -2.63. The van der Waals surface area contributed by atoms with Crippen LogP contribution in [0.1, 0.15) is 0 Å². The standard InChI is InChI=1S/C18H14O4S/c19-14-8-4-12(5-9-14)16-2-1-3-17(18(16)23(21)22)13-6-10-15(20)11-7-13/h1-11,19-20H,(H,21,22)/p-1. The molecule has 0 saturated heterocycles. The molecule has 1 atom stereocenters. The molecule has 0 aromatic heterocycles. The minimum absolute atomic E-state index is 0.119. The van der Waals surface area contributed by atoms with E-state index in [1.54, 1.807) is 42.5 Å². The van der Waals surface area contributed by atoms with E-state index in [0.29, 0.717) is 22.3 Å². The van der Waals surface area contributed by atoms with Crippen molar-refractivity contribution in [2.75, 3.05) is 0 Å². The van der Waals surface area contributed by atoms with E-state index in [2.05, 4.69) is 0 Å². The van der Waals surface area contributed by atoms with Gasteiger partial charge in [0.1, 0.15) is 11.5 Å². The summed E-state index contributed by atoms with van der Waals surface area (Å²) in [5.41, 5.74) is 2.51. The number of hydrogen-bond acceptors (Lipinski definition) is 4. The molecule has 0 aliphatic rings. The van der Waals surface area contributed by atoms with Crippen molar-refractivity contribution in [3.8, 4) is 33.8 Å². The normalized spacial score (nSPS) is 12.0. The SMILES string of the molecule is O=S([O-])c1c(-c2ccc(O)cc2)cccc1-c1ccc(O)cc1. The van der Waals surface area contributed by atoms with Crippen LogP contribution in [-0.2, 0) is 11.1 Å². The van der Waals surface area contributed by atoms with E-state index in [0.717, 1.165) is 0 Å². The maximum absolute atomic E-state index is 11.8. The number of phenolic OH excluding ortho intramolecular Hbond substituents is 2. The van der Waals surface area contributed by atoms with E-state index in [4.69, 9.17) is 0 Å². The van der Waals surface area contributed by atoms with E-state index in [-0.39, 0.29) is 16.4 Å². The molecule has 1 unspecified atom stereocenters. The zero-order valence-electron chi connectivity index (χ0n) is 12.0. The van der Waals surface area contributed by atoms with E-state index in [1.165, 1.54) is 24.3 Å². The van der Waals surface area contributed by atoms with Crippen molar-refractivity contribution in [1.29, 1.82) is 0 Å². The molecule has 3 aromatic rings. The van der Waals surface area contributed by atoms with Gasteiger partial charge in [0.25, 0.3) is 0 Å². The average molecular weight is 325 g/mol. The highest BCUT2D eigenvalue weighted by Gasteiger charge is 2.12. The second kappa shape index (κ2) is 6.24. The molecule has 0 saturated carbocycles. The Bertz CT molecular complexity index is 791. The zero-order chi connectivity index (χ0) is 16.4. The monoisotopic (exact) mass is 325 g/mol. The van der Waals surface area contributed by atoms with Crippen LogP contribution in [0.15, 0.2) is 71.6 Å². The molecule has 0 radical (unpaired) electrons. The van der Waals surface area contributed by atoms with Crippen molar-refractivity contribution in [3.63, 3.8) is 0 Å². The number of aromatic hydroxyl groups is 2. The Balaban J connectivity index is 2.22. The molecular formula is C18H13O4S-. The van der Waals surface area contributed by atoms with E-state index >= 15 is 0 Å². The van der Waals surface area contributed by atoms with Crippen LogP contribution in [0.25, 0.3) is 22.3 Å². The third kappa shape index (κ3) is 3.11. The van der Waals surface area contributed by atoms with Crippen molar-refractivity contribution in [2.24, 2.45) is 0 Å². The van der Waals surface area contributed by atoms with Crippen molar-refractivity contribution in [2.45, 2.75) is 4.90 Å². The predicted molar refractivity (Wildman–Crippen MR) is 87.8 cm³/mol. The van der Waals surface area contributed by atoms with Crippen LogP contribution in [0.3, 0.4) is 0 Å². The maximum Gasteiger partial charge on any atom is 0.115 e. The highest BCUT2D eigenvalue weighted by molar-refractivity contribution is 7.79. The number of benzene rings is 3. The third-order valence-corrected chi connectivity index (χ3v) is 4.31. The first-order chi connectivity index (χ1) is 11.1. The fraction of sp³-hybridized carbons (Fsp3) is 0. The lowest BCUT2D eigenvalue weighted by Crippen LogP contribution is -1.97. The molecule has 0 bridgehead atoms. The topological polar surface area (TPSA) is 80.6 Å². The lowest BCUT2D eigenvalue weighted by molar-refractivity contribution is 0.475. The second-order valence-electron chi connectivity index (χ2n) is 5.01. The van der Waals surface area contributed by atoms with Crippen molar-refractivity contribution in [1.82, 2.24) is 0 Å². The molecule has 0 aliphatic heterocycles. The lowest BCUT2D eigenvalue weighted by Gasteiger charge is -2.17. The first kappa shape index (κ1) is 15.3. The molecule has 0 spiro atoms. The van der Waals surface area contributed by atoms with Gasteiger partial charge in [0.15, 0.2) is 0 Å². The minimum atomic E-state index is -2.44. The first-order valence-electron chi connectivity index (χ1n) is 6.87. The fourth-order valence-corrected chi connectivity index (χ4v) is 3.18. The Morgan fingerprint density at radius 2 is 1.09 bits per heavy atom. The fourth-order valence-electron chi connectivity index (χ4n) is 2.45. The lowest BCUT2D eigenvalue weighted by atomic mass is 9.98. The summed E-state index contributed by atoms with van der Waals surface area (Å²) in [6.45, 7) is 0. The second-order valence-corrected chi connectivity index (χ2v) is 5.89. The van der Waals surface area contributed by atoms with Gasteiger partial charge in [-0.3, -0.25) is 4.21 Å². The minimum Gasteiger partial charge on any atom is -0.768 e. The molecule has 23 heavy (non-hydrogen) atoms. The summed E-state index contributed by atoms with van der Waals surface area (Å²) in [6, 6.07) is 18.0. The Kier molecular flexibility index (Phi) is 4.14. The van der Waals surface area contributed by atoms with Gasteiger partial charge in [-0.05, 0) is 57.6 Å². The van der Waals surface area contributed by atoms with Crippen LogP contribution in [0.2, 0.25) is 0 Å². The number of rotatable bonds is 3. The van der Waals surface area contributed by atoms with E-state index in [1.807, 2.05) is 0 Å². The van der Waals surface area contributed by atoms with Gasteiger partial charge in [-0.1, -0.05) is 42.5 Å². The smallest absolute Gasteiger partial charge is 0.115 e. The molecule has 3 rings (SSSR count). The Morgan fingerprint density at radius 1 is 0.696 bits per heavy atom. The summed E-state index contributed by atoms with van der Waals surface area (Å²) >= 11 is -2.44. The van der Waals surface area contributed by atoms with Crippen molar-refractivity contribution < 1.29 is 19.0 Å². The average Bonchev–Trinajstić information content (AvgIpc) is 2.55. The maximum atomic E-state index is 11.8. The van der Waals surface area contributed by atoms with Gasteiger partial charge in [-0.2, -0.15) is 0 Å².